The molecule has 0 saturated carbocycles. The van der Waals surface area contributed by atoms with Crippen molar-refractivity contribution in [1.29, 1.82) is 0 Å². The molecule has 2 bridgehead atoms. The molecule has 0 aliphatic carbocycles. The summed E-state index contributed by atoms with van der Waals surface area (Å²) >= 11 is 0. The van der Waals surface area contributed by atoms with Crippen LogP contribution in [0.15, 0.2) is 12.1 Å². The molecule has 4 rings (SSSR count). The Bertz CT molecular complexity index is 651. The number of hydrogen-bond acceptors (Lipinski definition) is 5. The maximum Gasteiger partial charge on any atom is 0.420 e. The Morgan fingerprint density at radius 2 is 1.84 bits per heavy atom. The van der Waals surface area contributed by atoms with Gasteiger partial charge in [0.15, 0.2) is 17.3 Å². The minimum absolute atomic E-state index is 0.0126. The van der Waals surface area contributed by atoms with Gasteiger partial charge in [-0.1, -0.05) is 0 Å². The molecule has 25 heavy (non-hydrogen) atoms. The average molecular weight is 364 g/mol. The van der Waals surface area contributed by atoms with E-state index in [1.807, 2.05) is 0 Å². The van der Waals surface area contributed by atoms with Gasteiger partial charge in [-0.25, -0.2) is 4.39 Å². The fraction of sp³-hybridized carbons (Fsp3) is 0.562. The van der Waals surface area contributed by atoms with Crippen molar-refractivity contribution in [3.63, 3.8) is 0 Å². The van der Waals surface area contributed by atoms with Crippen molar-refractivity contribution in [2.75, 3.05) is 26.4 Å². The molecule has 0 atom stereocenters. The highest BCUT2D eigenvalue weighted by Gasteiger charge is 2.48. The van der Waals surface area contributed by atoms with Crippen LogP contribution in [0.2, 0.25) is 0 Å². The standard InChI is InChI=1S/C16H16F4O5/c1-2-22-12-4-3-10(13(14(12)17)16(18,19)20)11(21)5-15-23-6-9(7-24-15)8-25-15/h3-4,9H,2,5-8H2,1H3. The highest BCUT2D eigenvalue weighted by Crippen LogP contribution is 2.40. The Morgan fingerprint density at radius 1 is 1.24 bits per heavy atom. The van der Waals surface area contributed by atoms with Crippen LogP contribution in [0.4, 0.5) is 17.6 Å². The zero-order valence-corrected chi connectivity index (χ0v) is 13.3. The van der Waals surface area contributed by atoms with Gasteiger partial charge in [0.1, 0.15) is 5.56 Å². The summed E-state index contributed by atoms with van der Waals surface area (Å²) in [5.41, 5.74) is -2.48. The number of ether oxygens (including phenoxy) is 4. The third-order valence-corrected chi connectivity index (χ3v) is 3.98. The van der Waals surface area contributed by atoms with E-state index in [1.54, 1.807) is 0 Å². The number of benzene rings is 1. The topological polar surface area (TPSA) is 54.0 Å². The molecule has 138 valence electrons. The normalized spacial score (nSPS) is 25.9. The second kappa shape index (κ2) is 6.54. The van der Waals surface area contributed by atoms with Crippen molar-refractivity contribution in [2.45, 2.75) is 25.5 Å². The number of Topliss-reactive ketones (excluding diaryl/α,β-unsaturated/α-hetero) is 1. The molecule has 3 fully saturated rings. The lowest BCUT2D eigenvalue weighted by molar-refractivity contribution is -0.445. The number of halogens is 4. The molecule has 0 spiro atoms. The molecule has 3 heterocycles. The van der Waals surface area contributed by atoms with Crippen LogP contribution < -0.4 is 4.74 Å². The van der Waals surface area contributed by atoms with E-state index in [0.717, 1.165) is 12.1 Å². The number of ketones is 1. The Kier molecular flexibility index (Phi) is 4.74. The van der Waals surface area contributed by atoms with Crippen molar-refractivity contribution < 1.29 is 41.3 Å². The van der Waals surface area contributed by atoms with Gasteiger partial charge in [-0.2, -0.15) is 13.2 Å². The summed E-state index contributed by atoms with van der Waals surface area (Å²) in [6.07, 6.45) is -5.66. The Morgan fingerprint density at radius 3 is 2.36 bits per heavy atom. The van der Waals surface area contributed by atoms with Crippen LogP contribution in [0, 0.1) is 11.7 Å². The van der Waals surface area contributed by atoms with Crippen LogP contribution >= 0.6 is 0 Å². The van der Waals surface area contributed by atoms with Gasteiger partial charge in [-0.05, 0) is 19.1 Å². The quantitative estimate of drug-likeness (QED) is 0.593. The van der Waals surface area contributed by atoms with Gasteiger partial charge < -0.3 is 18.9 Å². The van der Waals surface area contributed by atoms with Gasteiger partial charge in [0.05, 0.1) is 32.8 Å². The maximum absolute atomic E-state index is 14.2. The number of rotatable bonds is 5. The first-order valence-electron chi connectivity index (χ1n) is 7.73. The van der Waals surface area contributed by atoms with Crippen molar-refractivity contribution >= 4 is 5.78 Å². The fourth-order valence-corrected chi connectivity index (χ4v) is 2.78. The molecule has 3 aliphatic rings. The smallest absolute Gasteiger partial charge is 0.420 e. The van der Waals surface area contributed by atoms with Gasteiger partial charge in [0, 0.05) is 11.5 Å². The first-order chi connectivity index (χ1) is 11.8. The Balaban J connectivity index is 1.93. The van der Waals surface area contributed by atoms with E-state index in [2.05, 4.69) is 0 Å². The highest BCUT2D eigenvalue weighted by molar-refractivity contribution is 5.98. The van der Waals surface area contributed by atoms with E-state index in [-0.39, 0.29) is 32.3 Å². The first kappa shape index (κ1) is 18.1. The summed E-state index contributed by atoms with van der Waals surface area (Å²) in [7, 11) is 0. The molecule has 3 saturated heterocycles. The zero-order valence-electron chi connectivity index (χ0n) is 13.3. The molecule has 1 aromatic carbocycles. The number of fused-ring (bicyclic) bond motifs is 3. The predicted octanol–water partition coefficient (Wildman–Crippen LogP) is 3.16. The molecule has 1 aromatic rings. The number of hydrogen-bond donors (Lipinski definition) is 0. The Labute approximate surface area is 140 Å². The summed E-state index contributed by atoms with van der Waals surface area (Å²) in [5.74, 6) is -4.84. The van der Waals surface area contributed by atoms with E-state index >= 15 is 0 Å². The SMILES string of the molecule is CCOc1ccc(C(=O)CC23OCC(CO2)CO3)c(C(F)(F)F)c1F. The molecule has 0 radical (unpaired) electrons. The van der Waals surface area contributed by atoms with E-state index in [9.17, 15) is 22.4 Å². The van der Waals surface area contributed by atoms with E-state index < -0.39 is 47.0 Å². The Hall–Kier alpha value is -1.71. The summed E-state index contributed by atoms with van der Waals surface area (Å²) < 4.78 is 75.0. The zero-order chi connectivity index (χ0) is 18.2. The minimum atomic E-state index is -5.06. The van der Waals surface area contributed by atoms with Gasteiger partial charge in [0.25, 0.3) is 5.97 Å². The monoisotopic (exact) mass is 364 g/mol. The second-order valence-electron chi connectivity index (χ2n) is 5.81. The fourth-order valence-electron chi connectivity index (χ4n) is 2.78. The molecule has 9 heteroatoms. The number of carbonyl (C=O) groups excluding carboxylic acids is 1. The summed E-state index contributed by atoms with van der Waals surface area (Å²) in [6, 6.07) is 1.89. The lowest BCUT2D eigenvalue weighted by Crippen LogP contribution is -2.54. The molecule has 0 unspecified atom stereocenters. The van der Waals surface area contributed by atoms with Crippen molar-refractivity contribution in [3.05, 3.63) is 29.1 Å². The average Bonchev–Trinajstić information content (AvgIpc) is 2.56. The first-order valence-corrected chi connectivity index (χ1v) is 7.73. The van der Waals surface area contributed by atoms with Crippen LogP contribution in [0.5, 0.6) is 5.75 Å². The van der Waals surface area contributed by atoms with Crippen LogP contribution in [-0.2, 0) is 20.4 Å². The van der Waals surface area contributed by atoms with Gasteiger partial charge in [0.2, 0.25) is 0 Å². The van der Waals surface area contributed by atoms with Gasteiger partial charge in [-0.3, -0.25) is 4.79 Å². The molecule has 0 aromatic heterocycles. The largest absolute Gasteiger partial charge is 0.491 e. The van der Waals surface area contributed by atoms with Crippen molar-refractivity contribution in [3.8, 4) is 5.75 Å². The highest BCUT2D eigenvalue weighted by atomic mass is 19.4. The van der Waals surface area contributed by atoms with Crippen molar-refractivity contribution in [2.24, 2.45) is 5.92 Å². The van der Waals surface area contributed by atoms with E-state index in [4.69, 9.17) is 18.9 Å². The third kappa shape index (κ3) is 3.49. The van der Waals surface area contributed by atoms with Crippen LogP contribution in [0.3, 0.4) is 0 Å². The van der Waals surface area contributed by atoms with E-state index in [1.165, 1.54) is 6.92 Å². The number of carbonyl (C=O) groups is 1. The van der Waals surface area contributed by atoms with Gasteiger partial charge >= 0.3 is 6.18 Å². The molecular formula is C16H16F4O5. The minimum Gasteiger partial charge on any atom is -0.491 e. The second-order valence-corrected chi connectivity index (χ2v) is 5.81. The lowest BCUT2D eigenvalue weighted by atomic mass is 9.98. The maximum atomic E-state index is 14.2. The molecule has 0 N–H and O–H groups in total. The van der Waals surface area contributed by atoms with E-state index in [0.29, 0.717) is 0 Å². The number of alkyl halides is 3. The summed E-state index contributed by atoms with van der Waals surface area (Å²) in [4.78, 5) is 12.4. The summed E-state index contributed by atoms with van der Waals surface area (Å²) in [5, 5.41) is 0. The third-order valence-electron chi connectivity index (χ3n) is 3.98. The lowest BCUT2D eigenvalue weighted by Gasteiger charge is -2.44. The van der Waals surface area contributed by atoms with Crippen molar-refractivity contribution in [1.82, 2.24) is 0 Å². The molecular weight excluding hydrogens is 348 g/mol. The van der Waals surface area contributed by atoms with Crippen LogP contribution in [0.1, 0.15) is 29.3 Å². The summed E-state index contributed by atoms with van der Waals surface area (Å²) in [6.45, 7) is 2.36. The molecule has 5 nitrogen and oxygen atoms in total. The van der Waals surface area contributed by atoms with Gasteiger partial charge in [-0.15, -0.1) is 0 Å². The molecule has 3 aliphatic heterocycles. The molecule has 0 amide bonds. The van der Waals surface area contributed by atoms with Crippen LogP contribution in [-0.4, -0.2) is 38.2 Å². The van der Waals surface area contributed by atoms with Crippen LogP contribution in [0.25, 0.3) is 0 Å². The predicted molar refractivity (Wildman–Crippen MR) is 75.6 cm³/mol.